The van der Waals surface area contributed by atoms with Gasteiger partial charge in [-0.2, -0.15) is 0 Å². The van der Waals surface area contributed by atoms with Crippen molar-refractivity contribution in [2.45, 2.75) is 0 Å². The average molecular weight is 728 g/mol. The predicted octanol–water partition coefficient (Wildman–Crippen LogP) is 14.7. The molecule has 0 fully saturated rings. The van der Waals surface area contributed by atoms with E-state index >= 15 is 0 Å². The number of rotatable bonds is 7. The van der Waals surface area contributed by atoms with Crippen molar-refractivity contribution in [3.05, 3.63) is 224 Å². The fourth-order valence-corrected chi connectivity index (χ4v) is 8.71. The molecule has 0 amide bonds. The van der Waals surface area contributed by atoms with Gasteiger partial charge in [-0.3, -0.25) is 0 Å². The fraction of sp³-hybridized carbons (Fsp3) is 0. The first-order valence-corrected chi connectivity index (χ1v) is 19.5. The molecule has 0 saturated heterocycles. The second-order valence-corrected chi connectivity index (χ2v) is 14.6. The molecule has 268 valence electrons. The van der Waals surface area contributed by atoms with Gasteiger partial charge in [-0.1, -0.05) is 146 Å². The Hall–Kier alpha value is -7.62. The summed E-state index contributed by atoms with van der Waals surface area (Å²) in [4.78, 5) is 2.41. The summed E-state index contributed by atoms with van der Waals surface area (Å²) in [7, 11) is 0. The first kappa shape index (κ1) is 32.8. The summed E-state index contributed by atoms with van der Waals surface area (Å²) in [6.45, 7) is 0. The summed E-state index contributed by atoms with van der Waals surface area (Å²) >= 11 is 0. The number of fused-ring (bicyclic) bond motifs is 6. The van der Waals surface area contributed by atoms with Crippen molar-refractivity contribution in [3.63, 3.8) is 0 Å². The Morgan fingerprint density at radius 2 is 0.649 bits per heavy atom. The van der Waals surface area contributed by atoms with Crippen LogP contribution in [0.4, 0.5) is 17.1 Å². The normalized spacial score (nSPS) is 11.5. The van der Waals surface area contributed by atoms with Gasteiger partial charge < -0.3 is 14.0 Å². The number of hydrogen-bond donors (Lipinski definition) is 0. The van der Waals surface area contributed by atoms with Gasteiger partial charge in [-0.15, -0.1) is 0 Å². The van der Waals surface area contributed by atoms with E-state index in [1.54, 1.807) is 0 Å². The van der Waals surface area contributed by atoms with Crippen LogP contribution in [-0.4, -0.2) is 9.13 Å². The van der Waals surface area contributed by atoms with E-state index in [4.69, 9.17) is 0 Å². The van der Waals surface area contributed by atoms with E-state index in [0.717, 1.165) is 28.4 Å². The molecule has 0 aliphatic rings. The topological polar surface area (TPSA) is 13.1 Å². The SMILES string of the molecule is c1ccc(-c2ccc(N(c3ccc(-c4ccc(-n5c6ccccc6c6ccccc65)cc4)cc3)c3cccc4c3c3ccccc3n4-c3ccccc3)cc2)cc1. The van der Waals surface area contributed by atoms with Crippen LogP contribution in [-0.2, 0) is 0 Å². The third-order valence-corrected chi connectivity index (χ3v) is 11.3. The Morgan fingerprint density at radius 3 is 1.21 bits per heavy atom. The zero-order valence-corrected chi connectivity index (χ0v) is 31.2. The van der Waals surface area contributed by atoms with Crippen LogP contribution in [0.5, 0.6) is 0 Å². The van der Waals surface area contributed by atoms with Gasteiger partial charge >= 0.3 is 0 Å². The summed E-state index contributed by atoms with van der Waals surface area (Å²) in [5.74, 6) is 0. The van der Waals surface area contributed by atoms with E-state index < -0.39 is 0 Å². The maximum Gasteiger partial charge on any atom is 0.0562 e. The maximum atomic E-state index is 2.41. The van der Waals surface area contributed by atoms with Gasteiger partial charge in [0.1, 0.15) is 0 Å². The molecule has 9 aromatic carbocycles. The van der Waals surface area contributed by atoms with E-state index in [-0.39, 0.29) is 0 Å². The van der Waals surface area contributed by atoms with E-state index in [1.807, 2.05) is 0 Å². The van der Waals surface area contributed by atoms with Crippen LogP contribution in [0.25, 0.3) is 77.2 Å². The van der Waals surface area contributed by atoms with Crippen LogP contribution in [0, 0.1) is 0 Å². The molecule has 2 heterocycles. The third-order valence-electron chi connectivity index (χ3n) is 11.3. The molecule has 0 spiro atoms. The minimum Gasteiger partial charge on any atom is -0.310 e. The molecule has 3 heteroatoms. The maximum absolute atomic E-state index is 2.41. The highest BCUT2D eigenvalue weighted by molar-refractivity contribution is 6.16. The number of aromatic nitrogens is 2. The molecule has 2 aromatic heterocycles. The summed E-state index contributed by atoms with van der Waals surface area (Å²) in [6, 6.07) is 81.0. The smallest absolute Gasteiger partial charge is 0.0562 e. The van der Waals surface area contributed by atoms with Gasteiger partial charge in [0.25, 0.3) is 0 Å². The molecule has 0 unspecified atom stereocenters. The van der Waals surface area contributed by atoms with E-state index in [1.165, 1.54) is 65.9 Å². The van der Waals surface area contributed by atoms with Crippen molar-refractivity contribution < 1.29 is 0 Å². The van der Waals surface area contributed by atoms with Crippen molar-refractivity contribution in [1.82, 2.24) is 9.13 Å². The van der Waals surface area contributed by atoms with E-state index in [9.17, 15) is 0 Å². The quantitative estimate of drug-likeness (QED) is 0.159. The van der Waals surface area contributed by atoms with Crippen LogP contribution < -0.4 is 4.90 Å². The fourth-order valence-electron chi connectivity index (χ4n) is 8.71. The van der Waals surface area contributed by atoms with Crippen LogP contribution in [0.3, 0.4) is 0 Å². The Balaban J connectivity index is 1.03. The molecule has 57 heavy (non-hydrogen) atoms. The van der Waals surface area contributed by atoms with Crippen molar-refractivity contribution in [1.29, 1.82) is 0 Å². The summed E-state index contributed by atoms with van der Waals surface area (Å²) in [6.07, 6.45) is 0. The zero-order valence-electron chi connectivity index (χ0n) is 31.2. The Kier molecular flexibility index (Phi) is 7.82. The van der Waals surface area contributed by atoms with Crippen LogP contribution in [0.15, 0.2) is 224 Å². The van der Waals surface area contributed by atoms with Gasteiger partial charge in [-0.05, 0) is 101 Å². The number of nitrogens with zero attached hydrogens (tertiary/aromatic N) is 3. The number of hydrogen-bond acceptors (Lipinski definition) is 1. The van der Waals surface area contributed by atoms with E-state index in [2.05, 4.69) is 238 Å². The number of anilines is 3. The van der Waals surface area contributed by atoms with Crippen LogP contribution in [0.2, 0.25) is 0 Å². The standard InChI is InChI=1S/C54H37N3/c1-3-14-38(15-4-1)39-26-32-43(33-27-39)55(52-24-13-25-53-54(52)48-20-9-12-23-51(48)57(53)42-16-5-2-6-17-42)44-34-28-40(29-35-44)41-30-36-45(37-31-41)56-49-21-10-7-18-46(49)47-19-8-11-22-50(47)56/h1-37H. The molecule has 0 aliphatic carbocycles. The Labute approximate surface area is 331 Å². The molecule has 11 aromatic rings. The lowest BCUT2D eigenvalue weighted by molar-refractivity contribution is 1.18. The molecule has 0 N–H and O–H groups in total. The highest BCUT2D eigenvalue weighted by Crippen LogP contribution is 2.44. The molecular weight excluding hydrogens is 691 g/mol. The predicted molar refractivity (Wildman–Crippen MR) is 241 cm³/mol. The molecule has 3 nitrogen and oxygen atoms in total. The largest absolute Gasteiger partial charge is 0.310 e. The highest BCUT2D eigenvalue weighted by atomic mass is 15.1. The first-order chi connectivity index (χ1) is 28.3. The van der Waals surface area contributed by atoms with Gasteiger partial charge in [0, 0.05) is 44.3 Å². The lowest BCUT2D eigenvalue weighted by Gasteiger charge is -2.27. The highest BCUT2D eigenvalue weighted by Gasteiger charge is 2.21. The van der Waals surface area contributed by atoms with Crippen LogP contribution in [0.1, 0.15) is 0 Å². The van der Waals surface area contributed by atoms with Crippen LogP contribution >= 0.6 is 0 Å². The zero-order chi connectivity index (χ0) is 37.7. The lowest BCUT2D eigenvalue weighted by atomic mass is 10.0. The van der Waals surface area contributed by atoms with Gasteiger partial charge in [0.15, 0.2) is 0 Å². The average Bonchev–Trinajstić information content (AvgIpc) is 3.81. The number of benzene rings is 9. The monoisotopic (exact) mass is 727 g/mol. The third kappa shape index (κ3) is 5.51. The first-order valence-electron chi connectivity index (χ1n) is 19.5. The molecular formula is C54H37N3. The van der Waals surface area contributed by atoms with Crippen molar-refractivity contribution in [2.75, 3.05) is 4.90 Å². The molecule has 0 atom stereocenters. The van der Waals surface area contributed by atoms with Gasteiger partial charge in [0.2, 0.25) is 0 Å². The Bertz CT molecular complexity index is 3140. The van der Waals surface area contributed by atoms with Crippen molar-refractivity contribution in [3.8, 4) is 33.6 Å². The summed E-state index contributed by atoms with van der Waals surface area (Å²) in [5, 5.41) is 4.98. The second kappa shape index (κ2) is 13.6. The van der Waals surface area contributed by atoms with Crippen molar-refractivity contribution in [2.24, 2.45) is 0 Å². The summed E-state index contributed by atoms with van der Waals surface area (Å²) in [5.41, 5.74) is 15.2. The molecule has 0 aliphatic heterocycles. The molecule has 0 radical (unpaired) electrons. The minimum absolute atomic E-state index is 1.09. The number of para-hydroxylation sites is 4. The van der Waals surface area contributed by atoms with Gasteiger partial charge in [-0.25, -0.2) is 0 Å². The minimum atomic E-state index is 1.09. The molecule has 11 rings (SSSR count). The van der Waals surface area contributed by atoms with Gasteiger partial charge in [0.05, 0.1) is 27.8 Å². The lowest BCUT2D eigenvalue weighted by Crippen LogP contribution is -2.10. The molecule has 0 bridgehead atoms. The second-order valence-electron chi connectivity index (χ2n) is 14.6. The Morgan fingerprint density at radius 1 is 0.263 bits per heavy atom. The molecule has 0 saturated carbocycles. The summed E-state index contributed by atoms with van der Waals surface area (Å²) < 4.78 is 4.75. The van der Waals surface area contributed by atoms with E-state index in [0.29, 0.717) is 0 Å². The van der Waals surface area contributed by atoms with Crippen molar-refractivity contribution >= 4 is 60.7 Å².